The number of rotatable bonds is 14. The number of ether oxygens (including phenoxy) is 8. The number of alkyl carbamates (subject to hydrolysis) is 2. The molecule has 6 atom stereocenters. The molecule has 0 radical (unpaired) electrons. The summed E-state index contributed by atoms with van der Waals surface area (Å²) in [5.41, 5.74) is 1.36. The van der Waals surface area contributed by atoms with Crippen molar-refractivity contribution in [3.05, 3.63) is 71.8 Å². The van der Waals surface area contributed by atoms with E-state index in [1.165, 1.54) is 0 Å². The van der Waals surface area contributed by atoms with Crippen LogP contribution in [-0.2, 0) is 70.3 Å². The van der Waals surface area contributed by atoms with Crippen LogP contribution >= 0.6 is 0 Å². The van der Waals surface area contributed by atoms with Crippen LogP contribution in [0.2, 0.25) is 0 Å². The minimum atomic E-state index is -1.57. The normalized spacial score (nSPS) is 20.6. The molecule has 3 rings (SSSR count). The van der Waals surface area contributed by atoms with E-state index in [2.05, 4.69) is 10.6 Å². The van der Waals surface area contributed by atoms with Crippen molar-refractivity contribution in [1.82, 2.24) is 10.6 Å². The van der Waals surface area contributed by atoms with E-state index in [0.717, 1.165) is 27.9 Å². The lowest BCUT2D eigenvalue weighted by molar-refractivity contribution is -0.278. The second-order valence-electron chi connectivity index (χ2n) is 10.3. The van der Waals surface area contributed by atoms with Gasteiger partial charge in [0.1, 0.15) is 32.0 Å². The first-order valence-electron chi connectivity index (χ1n) is 14.7. The standard InChI is InChI=1S/C32H38N2O14/c1-19(35)42-18-25-27(46-20(2)36)28(47-21(3)37)26(34-32(40)45-16-23-13-9-6-10-14-23)30(48-25)43-17-24(29(38)41-4)33-31(39)44-15-22-11-7-5-8-12-22/h5-14,24-28,30H,15-18H2,1-4H3,(H,33,39)(H,34,40)/t24-,25+,26+,27+,28+,30+/m0/s1. The Morgan fingerprint density at radius 3 is 1.79 bits per heavy atom. The molecule has 0 unspecified atom stereocenters. The second kappa shape index (κ2) is 18.8. The molecular weight excluding hydrogens is 636 g/mol. The van der Waals surface area contributed by atoms with Gasteiger partial charge in [-0.2, -0.15) is 0 Å². The highest BCUT2D eigenvalue weighted by Crippen LogP contribution is 2.28. The summed E-state index contributed by atoms with van der Waals surface area (Å²) < 4.78 is 43.2. The molecule has 1 saturated heterocycles. The minimum Gasteiger partial charge on any atom is -0.467 e. The maximum Gasteiger partial charge on any atom is 0.408 e. The lowest BCUT2D eigenvalue weighted by Gasteiger charge is -2.44. The van der Waals surface area contributed by atoms with Gasteiger partial charge in [0, 0.05) is 20.8 Å². The average molecular weight is 675 g/mol. The fraction of sp³-hybridized carbons (Fsp3) is 0.438. The van der Waals surface area contributed by atoms with Crippen LogP contribution in [0.15, 0.2) is 60.7 Å². The van der Waals surface area contributed by atoms with E-state index in [4.69, 9.17) is 37.9 Å². The van der Waals surface area contributed by atoms with Crippen molar-refractivity contribution in [3.8, 4) is 0 Å². The van der Waals surface area contributed by atoms with Gasteiger partial charge in [0.15, 0.2) is 24.5 Å². The van der Waals surface area contributed by atoms with Crippen LogP contribution in [0.5, 0.6) is 0 Å². The summed E-state index contributed by atoms with van der Waals surface area (Å²) in [6.07, 6.45) is -7.71. The first-order valence-corrected chi connectivity index (χ1v) is 14.7. The summed E-state index contributed by atoms with van der Waals surface area (Å²) in [5, 5.41) is 4.86. The Bertz CT molecular complexity index is 1390. The molecule has 0 saturated carbocycles. The maximum absolute atomic E-state index is 13.0. The van der Waals surface area contributed by atoms with Crippen molar-refractivity contribution in [2.45, 2.75) is 70.7 Å². The Kier molecular flexibility index (Phi) is 14.6. The van der Waals surface area contributed by atoms with E-state index in [1.54, 1.807) is 60.7 Å². The third-order valence-electron chi connectivity index (χ3n) is 6.62. The molecule has 260 valence electrons. The maximum atomic E-state index is 13.0. The summed E-state index contributed by atoms with van der Waals surface area (Å²) >= 11 is 0. The number of nitrogens with one attached hydrogen (secondary N) is 2. The fourth-order valence-corrected chi connectivity index (χ4v) is 4.51. The smallest absolute Gasteiger partial charge is 0.408 e. The molecule has 1 aliphatic heterocycles. The number of carbonyl (C=O) groups is 6. The highest BCUT2D eigenvalue weighted by molar-refractivity contribution is 5.81. The van der Waals surface area contributed by atoms with Gasteiger partial charge < -0.3 is 48.5 Å². The highest BCUT2D eigenvalue weighted by atomic mass is 16.7. The van der Waals surface area contributed by atoms with Gasteiger partial charge in [-0.15, -0.1) is 0 Å². The quantitative estimate of drug-likeness (QED) is 0.217. The molecule has 0 aromatic heterocycles. The van der Waals surface area contributed by atoms with Gasteiger partial charge in [0.25, 0.3) is 0 Å². The Labute approximate surface area is 276 Å². The van der Waals surface area contributed by atoms with E-state index >= 15 is 0 Å². The highest BCUT2D eigenvalue weighted by Gasteiger charge is 2.52. The Hall–Kier alpha value is -5.22. The lowest BCUT2D eigenvalue weighted by Crippen LogP contribution is -2.67. The molecule has 2 N–H and O–H groups in total. The molecule has 2 aromatic carbocycles. The van der Waals surface area contributed by atoms with Gasteiger partial charge in [-0.3, -0.25) is 14.4 Å². The zero-order valence-electron chi connectivity index (χ0n) is 26.8. The Morgan fingerprint density at radius 2 is 1.27 bits per heavy atom. The zero-order chi connectivity index (χ0) is 35.1. The average Bonchev–Trinajstić information content (AvgIpc) is 3.06. The number of methoxy groups -OCH3 is 1. The molecule has 16 heteroatoms. The molecule has 0 bridgehead atoms. The lowest BCUT2D eigenvalue weighted by atomic mass is 9.96. The third-order valence-corrected chi connectivity index (χ3v) is 6.62. The molecule has 1 heterocycles. The second-order valence-corrected chi connectivity index (χ2v) is 10.3. The van der Waals surface area contributed by atoms with E-state index in [1.807, 2.05) is 0 Å². The van der Waals surface area contributed by atoms with Crippen molar-refractivity contribution in [3.63, 3.8) is 0 Å². The largest absolute Gasteiger partial charge is 0.467 e. The summed E-state index contributed by atoms with van der Waals surface area (Å²) in [4.78, 5) is 74.2. The summed E-state index contributed by atoms with van der Waals surface area (Å²) in [6, 6.07) is 14.7. The van der Waals surface area contributed by atoms with Crippen molar-refractivity contribution >= 4 is 36.1 Å². The van der Waals surface area contributed by atoms with Crippen LogP contribution in [0.4, 0.5) is 9.59 Å². The van der Waals surface area contributed by atoms with Gasteiger partial charge in [0.05, 0.1) is 13.7 Å². The first kappa shape index (κ1) is 37.2. The topological polar surface area (TPSA) is 200 Å². The van der Waals surface area contributed by atoms with Crippen LogP contribution < -0.4 is 10.6 Å². The molecule has 2 amide bonds. The van der Waals surface area contributed by atoms with Crippen molar-refractivity contribution in [2.75, 3.05) is 20.3 Å². The number of carbonyl (C=O) groups excluding carboxylic acids is 6. The number of amides is 2. The first-order chi connectivity index (χ1) is 23.0. The molecule has 2 aromatic rings. The van der Waals surface area contributed by atoms with Crippen molar-refractivity contribution in [2.24, 2.45) is 0 Å². The fourth-order valence-electron chi connectivity index (χ4n) is 4.51. The molecule has 0 spiro atoms. The zero-order valence-corrected chi connectivity index (χ0v) is 26.8. The molecule has 16 nitrogen and oxygen atoms in total. The number of hydrogen-bond acceptors (Lipinski definition) is 14. The molecule has 48 heavy (non-hydrogen) atoms. The van der Waals surface area contributed by atoms with Crippen LogP contribution in [-0.4, -0.2) is 93.1 Å². The summed E-state index contributed by atoms with van der Waals surface area (Å²) in [6.45, 7) is 1.99. The summed E-state index contributed by atoms with van der Waals surface area (Å²) in [7, 11) is 1.09. The van der Waals surface area contributed by atoms with Gasteiger partial charge >= 0.3 is 36.1 Å². The van der Waals surface area contributed by atoms with E-state index < -0.39 is 86.0 Å². The van der Waals surface area contributed by atoms with Crippen LogP contribution in [0.3, 0.4) is 0 Å². The predicted octanol–water partition coefficient (Wildman–Crippen LogP) is 1.92. The van der Waals surface area contributed by atoms with Crippen LogP contribution in [0, 0.1) is 0 Å². The molecule has 1 aliphatic rings. The molecule has 0 aliphatic carbocycles. The van der Waals surface area contributed by atoms with E-state index in [-0.39, 0.29) is 13.2 Å². The van der Waals surface area contributed by atoms with Gasteiger partial charge in [-0.25, -0.2) is 14.4 Å². The Balaban J connectivity index is 1.85. The van der Waals surface area contributed by atoms with Gasteiger partial charge in [0.2, 0.25) is 0 Å². The number of hydrogen-bond donors (Lipinski definition) is 2. The van der Waals surface area contributed by atoms with Gasteiger partial charge in [-0.05, 0) is 11.1 Å². The monoisotopic (exact) mass is 674 g/mol. The minimum absolute atomic E-state index is 0.0936. The SMILES string of the molecule is COC(=O)[C@H](CO[C@@H]1O[C@H](COC(C)=O)[C@@H](OC(C)=O)[C@H](OC(C)=O)[C@H]1NC(=O)OCc1ccccc1)NC(=O)OCc1ccccc1. The van der Waals surface area contributed by atoms with Gasteiger partial charge in [-0.1, -0.05) is 60.7 Å². The van der Waals surface area contributed by atoms with E-state index in [0.29, 0.717) is 11.1 Å². The molecule has 1 fully saturated rings. The van der Waals surface area contributed by atoms with Crippen molar-refractivity contribution < 1.29 is 66.7 Å². The molecular formula is C32H38N2O14. The van der Waals surface area contributed by atoms with E-state index in [9.17, 15) is 28.8 Å². The third kappa shape index (κ3) is 12.2. The Morgan fingerprint density at radius 1 is 0.729 bits per heavy atom. The number of esters is 4. The van der Waals surface area contributed by atoms with Crippen LogP contribution in [0.25, 0.3) is 0 Å². The van der Waals surface area contributed by atoms with Crippen molar-refractivity contribution in [1.29, 1.82) is 0 Å². The van der Waals surface area contributed by atoms with Crippen LogP contribution in [0.1, 0.15) is 31.9 Å². The number of benzene rings is 2. The predicted molar refractivity (Wildman–Crippen MR) is 161 cm³/mol. The summed E-state index contributed by atoms with van der Waals surface area (Å²) in [5.74, 6) is -3.25.